The van der Waals surface area contributed by atoms with Crippen LogP contribution >= 0.6 is 22.6 Å². The molecule has 1 fully saturated rings. The summed E-state index contributed by atoms with van der Waals surface area (Å²) in [5, 5.41) is 9.16. The molecule has 2 amide bonds. The van der Waals surface area contributed by atoms with E-state index >= 15 is 0 Å². The van der Waals surface area contributed by atoms with Gasteiger partial charge in [-0.3, -0.25) is 0 Å². The monoisotopic (exact) mass is 618 g/mol. The highest BCUT2D eigenvalue weighted by Gasteiger charge is 2.26. The molecule has 1 aromatic carbocycles. The Labute approximate surface area is 221 Å². The zero-order valence-corrected chi connectivity index (χ0v) is 22.1. The van der Waals surface area contributed by atoms with E-state index in [1.807, 2.05) is 6.07 Å². The summed E-state index contributed by atoms with van der Waals surface area (Å²) in [6.45, 7) is 1.02. The highest BCUT2D eigenvalue weighted by molar-refractivity contribution is 14.1. The van der Waals surface area contributed by atoms with Crippen LogP contribution in [0.1, 0.15) is 12.8 Å². The molecule has 1 radical (unpaired) electrons. The fourth-order valence-corrected chi connectivity index (χ4v) is 4.96. The fraction of sp³-hybridized carbons (Fsp3) is 0.261. The Morgan fingerprint density at radius 1 is 1.11 bits per heavy atom. The summed E-state index contributed by atoms with van der Waals surface area (Å²) in [6, 6.07) is 9.71. The number of urea groups is 1. The highest BCUT2D eigenvalue weighted by atomic mass is 127. The van der Waals surface area contributed by atoms with Gasteiger partial charge >= 0.3 is 6.03 Å². The zero-order valence-electron chi connectivity index (χ0n) is 19.2. The van der Waals surface area contributed by atoms with E-state index in [2.05, 4.69) is 48.0 Å². The number of hydrogen-bond acceptors (Lipinski definition) is 8. The number of piperidine rings is 1. The Morgan fingerprint density at radius 2 is 1.86 bits per heavy atom. The first-order valence-corrected chi connectivity index (χ1v) is 14.0. The molecule has 0 saturated carbocycles. The summed E-state index contributed by atoms with van der Waals surface area (Å²) in [6.07, 6.45) is 6.97. The molecule has 11 nitrogen and oxygen atoms in total. The number of likely N-dealkylation sites (tertiary alicyclic amines) is 1. The summed E-state index contributed by atoms with van der Waals surface area (Å²) in [7, 11) is -3.29. The van der Waals surface area contributed by atoms with Gasteiger partial charge in [0, 0.05) is 42.0 Å². The lowest BCUT2D eigenvalue weighted by Crippen LogP contribution is -2.43. The molecular formula is C23H21IN7O4S. The van der Waals surface area contributed by atoms with Crippen molar-refractivity contribution in [3.8, 4) is 11.6 Å². The maximum atomic E-state index is 12.5. The molecule has 1 aliphatic heterocycles. The maximum Gasteiger partial charge on any atom is 0.345 e. The van der Waals surface area contributed by atoms with E-state index in [4.69, 9.17) is 4.74 Å². The van der Waals surface area contributed by atoms with Crippen molar-refractivity contribution < 1.29 is 17.9 Å². The number of fused-ring (bicyclic) bond motifs is 1. The number of carbonyl (C=O) groups excluding carboxylic acids is 1. The third-order valence-corrected chi connectivity index (χ3v) is 7.55. The number of rotatable bonds is 5. The first kappa shape index (κ1) is 24.4. The molecule has 0 atom stereocenters. The normalized spacial score (nSPS) is 14.7. The van der Waals surface area contributed by atoms with E-state index in [0.29, 0.717) is 54.3 Å². The number of carbonyl (C=O) groups is 1. The lowest BCUT2D eigenvalue weighted by atomic mass is 10.1. The van der Waals surface area contributed by atoms with Crippen LogP contribution in [0.5, 0.6) is 5.88 Å². The minimum absolute atomic E-state index is 0.125. The van der Waals surface area contributed by atoms with Crippen LogP contribution < -0.4 is 10.1 Å². The molecule has 0 aliphatic carbocycles. The van der Waals surface area contributed by atoms with Crippen molar-refractivity contribution in [3.63, 3.8) is 0 Å². The number of ether oxygens (including phenoxy) is 1. The second-order valence-corrected chi connectivity index (χ2v) is 11.5. The highest BCUT2D eigenvalue weighted by Crippen LogP contribution is 2.27. The topological polar surface area (TPSA) is 134 Å². The SMILES string of the molecule is CS(=O)(=O)c1ccc(-n2ncc3c(OC4CCN(C(=O)[N]c5cc(I)ccn5)CC4)ncnc32)cc1. The molecule has 0 bridgehead atoms. The van der Waals surface area contributed by atoms with Crippen molar-refractivity contribution >= 4 is 55.3 Å². The second-order valence-electron chi connectivity index (χ2n) is 8.27. The van der Waals surface area contributed by atoms with Gasteiger partial charge in [0.2, 0.25) is 5.88 Å². The third kappa shape index (κ3) is 5.26. The number of nitrogens with zero attached hydrogens (tertiary/aromatic N) is 7. The lowest BCUT2D eigenvalue weighted by Gasteiger charge is -2.31. The van der Waals surface area contributed by atoms with E-state index in [1.165, 1.54) is 24.7 Å². The molecular weight excluding hydrogens is 597 g/mol. The summed E-state index contributed by atoms with van der Waals surface area (Å²) in [5.74, 6) is 0.813. The molecule has 0 unspecified atom stereocenters. The van der Waals surface area contributed by atoms with Crippen LogP contribution in [0.25, 0.3) is 16.7 Å². The van der Waals surface area contributed by atoms with Crippen molar-refractivity contribution in [3.05, 3.63) is 58.7 Å². The van der Waals surface area contributed by atoms with Gasteiger partial charge in [0.15, 0.2) is 21.3 Å². The van der Waals surface area contributed by atoms with E-state index in [-0.39, 0.29) is 17.0 Å². The zero-order chi connectivity index (χ0) is 25.3. The van der Waals surface area contributed by atoms with Gasteiger partial charge in [-0.2, -0.15) is 10.4 Å². The van der Waals surface area contributed by atoms with Crippen molar-refractivity contribution in [1.29, 1.82) is 0 Å². The van der Waals surface area contributed by atoms with Crippen LogP contribution in [-0.2, 0) is 9.84 Å². The number of benzene rings is 1. The number of hydrogen-bond donors (Lipinski definition) is 0. The Hall–Kier alpha value is -3.33. The Morgan fingerprint density at radius 3 is 2.56 bits per heavy atom. The number of amides is 2. The summed E-state index contributed by atoms with van der Waals surface area (Å²) in [4.78, 5) is 27.2. The van der Waals surface area contributed by atoms with Gasteiger partial charge in [-0.05, 0) is 59.0 Å². The van der Waals surface area contributed by atoms with E-state index in [1.54, 1.807) is 40.2 Å². The summed E-state index contributed by atoms with van der Waals surface area (Å²) < 4.78 is 32.2. The molecule has 0 N–H and O–H groups in total. The largest absolute Gasteiger partial charge is 0.474 e. The molecule has 4 aromatic rings. The number of pyridine rings is 1. The molecule has 0 spiro atoms. The number of sulfone groups is 1. The average Bonchev–Trinajstić information content (AvgIpc) is 3.29. The molecule has 3 aromatic heterocycles. The molecule has 36 heavy (non-hydrogen) atoms. The van der Waals surface area contributed by atoms with Crippen molar-refractivity contribution in [2.45, 2.75) is 23.8 Å². The minimum Gasteiger partial charge on any atom is -0.474 e. The van der Waals surface area contributed by atoms with Gasteiger partial charge < -0.3 is 9.64 Å². The average molecular weight is 618 g/mol. The Balaban J connectivity index is 1.25. The first-order chi connectivity index (χ1) is 17.3. The Bertz CT molecular complexity index is 1520. The fourth-order valence-electron chi connectivity index (χ4n) is 3.89. The van der Waals surface area contributed by atoms with Crippen LogP contribution in [-0.4, -0.2) is 69.5 Å². The van der Waals surface area contributed by atoms with Crippen molar-refractivity contribution in [1.82, 2.24) is 34.9 Å². The molecule has 13 heteroatoms. The molecule has 1 saturated heterocycles. The van der Waals surface area contributed by atoms with Gasteiger partial charge in [0.25, 0.3) is 0 Å². The van der Waals surface area contributed by atoms with Crippen molar-refractivity contribution in [2.75, 3.05) is 19.3 Å². The van der Waals surface area contributed by atoms with Crippen molar-refractivity contribution in [2.24, 2.45) is 0 Å². The lowest BCUT2D eigenvalue weighted by molar-refractivity contribution is 0.109. The number of halogens is 1. The summed E-state index contributed by atoms with van der Waals surface area (Å²) >= 11 is 2.15. The van der Waals surface area contributed by atoms with Crippen LogP contribution in [0.2, 0.25) is 0 Å². The molecule has 1 aliphatic rings. The summed E-state index contributed by atoms with van der Waals surface area (Å²) in [5.41, 5.74) is 1.21. The predicted octanol–water partition coefficient (Wildman–Crippen LogP) is 3.12. The van der Waals surface area contributed by atoms with Crippen LogP contribution in [0, 0.1) is 3.57 Å². The van der Waals surface area contributed by atoms with Gasteiger partial charge in [0.05, 0.1) is 16.8 Å². The van der Waals surface area contributed by atoms with E-state index < -0.39 is 9.84 Å². The van der Waals surface area contributed by atoms with E-state index in [0.717, 1.165) is 3.57 Å². The molecule has 185 valence electrons. The standard InChI is InChI=1S/C23H21IN7O4S/c1-36(33,34)18-4-2-16(3-5-18)31-21-19(13-28-31)22(27-14-26-21)35-17-7-10-30(11-8-17)23(32)29-20-12-15(24)6-9-25-20/h2-6,9,12-14,17H,7-8,10-11H2,1H3. The van der Waals surface area contributed by atoms with Gasteiger partial charge in [-0.15, -0.1) is 0 Å². The van der Waals surface area contributed by atoms with Crippen LogP contribution in [0.3, 0.4) is 0 Å². The first-order valence-electron chi connectivity index (χ1n) is 11.1. The minimum atomic E-state index is -3.29. The predicted molar refractivity (Wildman–Crippen MR) is 139 cm³/mol. The smallest absolute Gasteiger partial charge is 0.345 e. The second kappa shape index (κ2) is 9.97. The van der Waals surface area contributed by atoms with Crippen LogP contribution in [0.15, 0.2) is 60.0 Å². The van der Waals surface area contributed by atoms with Gasteiger partial charge in [-0.1, -0.05) is 0 Å². The number of aromatic nitrogens is 5. The van der Waals surface area contributed by atoms with Crippen LogP contribution in [0.4, 0.5) is 10.6 Å². The molecule has 5 rings (SSSR count). The third-order valence-electron chi connectivity index (χ3n) is 5.75. The Kier molecular flexibility index (Phi) is 6.75. The van der Waals surface area contributed by atoms with Gasteiger partial charge in [-0.25, -0.2) is 32.8 Å². The molecule has 4 heterocycles. The quantitative estimate of drug-likeness (QED) is 0.312. The maximum absolute atomic E-state index is 12.5. The van der Waals surface area contributed by atoms with Gasteiger partial charge in [0.1, 0.15) is 17.8 Å². The van der Waals surface area contributed by atoms with E-state index in [9.17, 15) is 13.2 Å².